The van der Waals surface area contributed by atoms with Gasteiger partial charge in [-0.05, 0) is 42.7 Å². The quantitative estimate of drug-likeness (QED) is 0.478. The first kappa shape index (κ1) is 19.7. The first-order valence-electron chi connectivity index (χ1n) is 10.0. The van der Waals surface area contributed by atoms with Crippen molar-refractivity contribution in [2.45, 2.75) is 32.7 Å². The summed E-state index contributed by atoms with van der Waals surface area (Å²) in [5, 5.41) is 19.7. The van der Waals surface area contributed by atoms with Crippen molar-refractivity contribution < 1.29 is 14.4 Å². The molecule has 0 aliphatic carbocycles. The number of carbonyl (C=O) groups excluding carboxylic acids is 1. The van der Waals surface area contributed by atoms with E-state index in [2.05, 4.69) is 10.5 Å². The van der Waals surface area contributed by atoms with Crippen LogP contribution in [0.4, 0.5) is 0 Å². The zero-order chi connectivity index (χ0) is 21.1. The Morgan fingerprint density at radius 3 is 2.50 bits per heavy atom. The molecular formula is C25H24N2O3. The highest BCUT2D eigenvalue weighted by Gasteiger charge is 2.23. The highest BCUT2D eigenvalue weighted by atomic mass is 16.5. The summed E-state index contributed by atoms with van der Waals surface area (Å²) in [5.41, 5.74) is 3.39. The second kappa shape index (κ2) is 8.41. The lowest BCUT2D eigenvalue weighted by molar-refractivity contribution is -0.121. The fourth-order valence-electron chi connectivity index (χ4n) is 3.89. The van der Waals surface area contributed by atoms with Crippen LogP contribution in [0, 0.1) is 13.8 Å². The van der Waals surface area contributed by atoms with Gasteiger partial charge in [-0.3, -0.25) is 4.79 Å². The monoisotopic (exact) mass is 400 g/mol. The molecule has 2 N–H and O–H groups in total. The molecule has 1 unspecified atom stereocenters. The summed E-state index contributed by atoms with van der Waals surface area (Å²) in [7, 11) is 0. The van der Waals surface area contributed by atoms with Crippen LogP contribution in [0.25, 0.3) is 10.8 Å². The van der Waals surface area contributed by atoms with Crippen LogP contribution in [-0.4, -0.2) is 16.2 Å². The van der Waals surface area contributed by atoms with Gasteiger partial charge in [-0.25, -0.2) is 0 Å². The van der Waals surface area contributed by atoms with Gasteiger partial charge < -0.3 is 14.9 Å². The van der Waals surface area contributed by atoms with Crippen molar-refractivity contribution in [2.75, 3.05) is 0 Å². The number of amides is 1. The number of carbonyl (C=O) groups is 1. The second-order valence-corrected chi connectivity index (χ2v) is 7.43. The number of hydrogen-bond acceptors (Lipinski definition) is 4. The zero-order valence-corrected chi connectivity index (χ0v) is 17.1. The van der Waals surface area contributed by atoms with E-state index in [0.717, 1.165) is 33.4 Å². The van der Waals surface area contributed by atoms with E-state index in [-0.39, 0.29) is 11.7 Å². The zero-order valence-electron chi connectivity index (χ0n) is 17.1. The molecule has 30 heavy (non-hydrogen) atoms. The Balaban J connectivity index is 1.67. The number of aromatic hydroxyl groups is 1. The lowest BCUT2D eigenvalue weighted by Crippen LogP contribution is -2.29. The van der Waals surface area contributed by atoms with E-state index >= 15 is 0 Å². The molecule has 0 saturated heterocycles. The molecule has 4 rings (SSSR count). The maximum absolute atomic E-state index is 12.9. The van der Waals surface area contributed by atoms with E-state index in [0.29, 0.717) is 18.4 Å². The van der Waals surface area contributed by atoms with Crippen molar-refractivity contribution >= 4 is 16.7 Å². The molecule has 1 atom stereocenters. The van der Waals surface area contributed by atoms with Gasteiger partial charge in [-0.2, -0.15) is 0 Å². The number of phenolic OH excluding ortho intramolecular Hbond substituents is 1. The number of hydrogen-bond donors (Lipinski definition) is 2. The first-order valence-corrected chi connectivity index (χ1v) is 10.0. The van der Waals surface area contributed by atoms with Crippen LogP contribution in [0.15, 0.2) is 71.3 Å². The number of phenols is 1. The Morgan fingerprint density at radius 1 is 1.03 bits per heavy atom. The van der Waals surface area contributed by atoms with Gasteiger partial charge in [0, 0.05) is 17.5 Å². The van der Waals surface area contributed by atoms with Crippen LogP contribution in [0.5, 0.6) is 5.75 Å². The average molecular weight is 400 g/mol. The SMILES string of the molecule is Cc1noc(C)c1CCC(=O)NC(c1ccccc1)c1c(O)ccc2ccccc12. The van der Waals surface area contributed by atoms with E-state index in [9.17, 15) is 9.90 Å². The minimum atomic E-state index is -0.463. The molecule has 0 radical (unpaired) electrons. The van der Waals surface area contributed by atoms with Crippen molar-refractivity contribution in [3.63, 3.8) is 0 Å². The standard InChI is InChI=1S/C25H24N2O3/c1-16-20(17(2)30-27-16)13-15-23(29)26-25(19-9-4-3-5-10-19)24-21-11-7-6-8-18(21)12-14-22(24)28/h3-12,14,25,28H,13,15H2,1-2H3,(H,26,29). The van der Waals surface area contributed by atoms with Crippen molar-refractivity contribution in [1.82, 2.24) is 10.5 Å². The molecule has 1 amide bonds. The van der Waals surface area contributed by atoms with Crippen LogP contribution in [-0.2, 0) is 11.2 Å². The number of aryl methyl sites for hydroxylation is 2. The molecule has 0 aliphatic heterocycles. The second-order valence-electron chi connectivity index (χ2n) is 7.43. The molecule has 0 saturated carbocycles. The number of aromatic nitrogens is 1. The summed E-state index contributed by atoms with van der Waals surface area (Å²) in [4.78, 5) is 12.9. The van der Waals surface area contributed by atoms with Crippen molar-refractivity contribution in [2.24, 2.45) is 0 Å². The van der Waals surface area contributed by atoms with Crippen LogP contribution < -0.4 is 5.32 Å². The van der Waals surface area contributed by atoms with Crippen LogP contribution >= 0.6 is 0 Å². The highest BCUT2D eigenvalue weighted by Crippen LogP contribution is 2.35. The molecule has 0 fully saturated rings. The summed E-state index contributed by atoms with van der Waals surface area (Å²) in [6.45, 7) is 3.73. The van der Waals surface area contributed by atoms with Crippen LogP contribution in [0.1, 0.15) is 40.6 Å². The normalized spacial score (nSPS) is 12.1. The van der Waals surface area contributed by atoms with Crippen molar-refractivity contribution in [1.29, 1.82) is 0 Å². The van der Waals surface area contributed by atoms with E-state index in [4.69, 9.17) is 4.52 Å². The number of nitrogens with zero attached hydrogens (tertiary/aromatic N) is 1. The Morgan fingerprint density at radius 2 is 1.77 bits per heavy atom. The Hall–Kier alpha value is -3.60. The first-order chi connectivity index (χ1) is 14.5. The summed E-state index contributed by atoms with van der Waals surface area (Å²) in [5.74, 6) is 0.802. The number of nitrogens with one attached hydrogen (secondary N) is 1. The number of rotatable bonds is 6. The molecule has 3 aromatic carbocycles. The lowest BCUT2D eigenvalue weighted by Gasteiger charge is -2.22. The third-order valence-corrected chi connectivity index (χ3v) is 5.46. The fraction of sp³-hybridized carbons (Fsp3) is 0.200. The summed E-state index contributed by atoms with van der Waals surface area (Å²) in [6.07, 6.45) is 0.855. The number of benzene rings is 3. The molecule has 152 valence electrons. The summed E-state index contributed by atoms with van der Waals surface area (Å²) in [6, 6.07) is 20.7. The summed E-state index contributed by atoms with van der Waals surface area (Å²) < 4.78 is 5.20. The predicted molar refractivity (Wildman–Crippen MR) is 116 cm³/mol. The lowest BCUT2D eigenvalue weighted by atomic mass is 9.92. The highest BCUT2D eigenvalue weighted by molar-refractivity contribution is 5.89. The average Bonchev–Trinajstić information content (AvgIpc) is 3.09. The smallest absolute Gasteiger partial charge is 0.221 e. The van der Waals surface area contributed by atoms with Gasteiger partial charge in [0.05, 0.1) is 11.7 Å². The van der Waals surface area contributed by atoms with Gasteiger partial charge >= 0.3 is 0 Å². The minimum Gasteiger partial charge on any atom is -0.508 e. The maximum Gasteiger partial charge on any atom is 0.221 e. The van der Waals surface area contributed by atoms with E-state index < -0.39 is 6.04 Å². The van der Waals surface area contributed by atoms with Crippen LogP contribution in [0.3, 0.4) is 0 Å². The van der Waals surface area contributed by atoms with Crippen LogP contribution in [0.2, 0.25) is 0 Å². The number of fused-ring (bicyclic) bond motifs is 1. The van der Waals surface area contributed by atoms with Gasteiger partial charge in [0.2, 0.25) is 5.91 Å². The molecule has 0 aliphatic rings. The van der Waals surface area contributed by atoms with Crippen molar-refractivity contribution in [3.05, 3.63) is 94.9 Å². The maximum atomic E-state index is 12.9. The van der Waals surface area contributed by atoms with Gasteiger partial charge in [0.1, 0.15) is 11.5 Å². The molecule has 1 heterocycles. The van der Waals surface area contributed by atoms with E-state index in [1.807, 2.05) is 74.5 Å². The largest absolute Gasteiger partial charge is 0.508 e. The molecule has 0 spiro atoms. The predicted octanol–water partition coefficient (Wildman–Crippen LogP) is 4.99. The van der Waals surface area contributed by atoms with Gasteiger partial charge in [0.25, 0.3) is 0 Å². The van der Waals surface area contributed by atoms with E-state index in [1.165, 1.54) is 0 Å². The molecular weight excluding hydrogens is 376 g/mol. The third-order valence-electron chi connectivity index (χ3n) is 5.46. The molecule has 5 nitrogen and oxygen atoms in total. The van der Waals surface area contributed by atoms with Gasteiger partial charge in [-0.15, -0.1) is 0 Å². The molecule has 1 aromatic heterocycles. The fourth-order valence-corrected chi connectivity index (χ4v) is 3.89. The topological polar surface area (TPSA) is 75.4 Å². The van der Waals surface area contributed by atoms with E-state index in [1.54, 1.807) is 6.07 Å². The molecule has 0 bridgehead atoms. The Bertz CT molecular complexity index is 1160. The third kappa shape index (κ3) is 3.92. The van der Waals surface area contributed by atoms with Gasteiger partial charge in [-0.1, -0.05) is 65.8 Å². The van der Waals surface area contributed by atoms with Crippen molar-refractivity contribution in [3.8, 4) is 5.75 Å². The minimum absolute atomic E-state index is 0.101. The Labute approximate surface area is 175 Å². The Kier molecular flexibility index (Phi) is 5.53. The summed E-state index contributed by atoms with van der Waals surface area (Å²) >= 11 is 0. The molecule has 4 aromatic rings. The molecule has 5 heteroatoms. The van der Waals surface area contributed by atoms with Gasteiger partial charge in [0.15, 0.2) is 0 Å².